The van der Waals surface area contributed by atoms with Crippen molar-refractivity contribution in [3.8, 4) is 0 Å². The zero-order valence-corrected chi connectivity index (χ0v) is 13.9. The Hall–Kier alpha value is -0.710. The summed E-state index contributed by atoms with van der Waals surface area (Å²) in [5.74, 6) is 0.774. The number of benzene rings is 1. The van der Waals surface area contributed by atoms with E-state index < -0.39 is 10.8 Å². The Bertz CT molecular complexity index is 493. The first kappa shape index (κ1) is 15.2. The van der Waals surface area contributed by atoms with Crippen LogP contribution >= 0.6 is 0 Å². The zero-order chi connectivity index (χ0) is 14.8. The van der Waals surface area contributed by atoms with Gasteiger partial charge in [0.15, 0.2) is 0 Å². The second-order valence-electron chi connectivity index (χ2n) is 6.50. The second kappa shape index (κ2) is 6.59. The largest absolute Gasteiger partial charge is 0.297 e. The highest BCUT2D eigenvalue weighted by Gasteiger charge is 2.38. The lowest BCUT2D eigenvalue weighted by Crippen LogP contribution is -2.55. The lowest BCUT2D eigenvalue weighted by molar-refractivity contribution is 0.0301. The van der Waals surface area contributed by atoms with Crippen molar-refractivity contribution in [3.05, 3.63) is 35.9 Å². The first-order valence-corrected chi connectivity index (χ1v) is 9.72. The smallest absolute Gasteiger partial charge is 0.0479 e. The Balaban J connectivity index is 1.83. The Morgan fingerprint density at radius 1 is 1.29 bits per heavy atom. The molecular weight excluding hydrogens is 280 g/mol. The number of fused-ring (bicyclic) bond motifs is 1. The maximum absolute atomic E-state index is 11.6. The van der Waals surface area contributed by atoms with Crippen molar-refractivity contribution < 1.29 is 4.21 Å². The molecule has 4 heteroatoms. The van der Waals surface area contributed by atoms with E-state index in [-0.39, 0.29) is 0 Å². The van der Waals surface area contributed by atoms with Crippen LogP contribution in [0.25, 0.3) is 0 Å². The predicted molar refractivity (Wildman–Crippen MR) is 88.9 cm³/mol. The molecule has 0 amide bonds. The van der Waals surface area contributed by atoms with E-state index in [1.165, 1.54) is 24.9 Å². The van der Waals surface area contributed by atoms with Crippen molar-refractivity contribution in [1.82, 2.24) is 9.80 Å². The Labute approximate surface area is 130 Å². The first-order chi connectivity index (χ1) is 10.1. The van der Waals surface area contributed by atoms with E-state index in [9.17, 15) is 4.21 Å². The molecule has 0 saturated carbocycles. The molecule has 4 atom stereocenters. The molecule has 2 aliphatic rings. The van der Waals surface area contributed by atoms with Crippen LogP contribution in [0.4, 0.5) is 0 Å². The van der Waals surface area contributed by atoms with Crippen LogP contribution in [0, 0.1) is 0 Å². The van der Waals surface area contributed by atoms with Gasteiger partial charge in [-0.25, -0.2) is 0 Å². The normalized spacial score (nSPS) is 30.0. The predicted octanol–water partition coefficient (Wildman–Crippen LogP) is 2.27. The van der Waals surface area contributed by atoms with E-state index >= 15 is 0 Å². The van der Waals surface area contributed by atoms with Crippen molar-refractivity contribution in [2.75, 3.05) is 31.6 Å². The van der Waals surface area contributed by atoms with E-state index in [4.69, 9.17) is 0 Å². The molecule has 1 aromatic rings. The van der Waals surface area contributed by atoms with Crippen LogP contribution in [0.3, 0.4) is 0 Å². The Morgan fingerprint density at radius 2 is 2.05 bits per heavy atom. The minimum absolute atomic E-state index is 0.379. The standard InChI is InChI=1S/C17H26N2OS/c1-14(13-21(2)20)19-11-16-9-6-10-18(16)12-17(19)15-7-4-3-5-8-15/h3-5,7-8,14,16-17H,6,9-13H2,1-2H3. The number of rotatable bonds is 4. The van der Waals surface area contributed by atoms with Crippen LogP contribution in [-0.4, -0.2) is 57.7 Å². The molecule has 2 fully saturated rings. The minimum atomic E-state index is -0.730. The van der Waals surface area contributed by atoms with Gasteiger partial charge in [0.05, 0.1) is 0 Å². The van der Waals surface area contributed by atoms with Gasteiger partial charge < -0.3 is 0 Å². The van der Waals surface area contributed by atoms with Crippen molar-refractivity contribution in [2.45, 2.75) is 37.9 Å². The molecule has 2 heterocycles. The summed E-state index contributed by atoms with van der Waals surface area (Å²) in [7, 11) is -0.730. The SMILES string of the molecule is CC(CS(C)=O)N1CC2CCCN2CC1c1ccccc1. The van der Waals surface area contributed by atoms with Gasteiger partial charge in [-0.3, -0.25) is 14.0 Å². The summed E-state index contributed by atoms with van der Waals surface area (Å²) in [6.45, 7) is 5.73. The molecule has 0 spiro atoms. The molecule has 2 saturated heterocycles. The third kappa shape index (κ3) is 3.38. The van der Waals surface area contributed by atoms with Gasteiger partial charge in [-0.15, -0.1) is 0 Å². The monoisotopic (exact) mass is 306 g/mol. The van der Waals surface area contributed by atoms with Crippen molar-refractivity contribution in [3.63, 3.8) is 0 Å². The van der Waals surface area contributed by atoms with Gasteiger partial charge in [0.1, 0.15) is 0 Å². The molecule has 0 aromatic heterocycles. The van der Waals surface area contributed by atoms with Crippen LogP contribution in [-0.2, 0) is 10.8 Å². The molecule has 3 nitrogen and oxygen atoms in total. The zero-order valence-electron chi connectivity index (χ0n) is 13.1. The van der Waals surface area contributed by atoms with Crippen LogP contribution in [0.2, 0.25) is 0 Å². The van der Waals surface area contributed by atoms with Crippen molar-refractivity contribution in [1.29, 1.82) is 0 Å². The second-order valence-corrected chi connectivity index (χ2v) is 7.98. The van der Waals surface area contributed by atoms with E-state index in [2.05, 4.69) is 47.1 Å². The fourth-order valence-corrected chi connectivity index (χ4v) is 4.81. The van der Waals surface area contributed by atoms with Gasteiger partial charge in [0.25, 0.3) is 0 Å². The molecule has 21 heavy (non-hydrogen) atoms. The van der Waals surface area contributed by atoms with Crippen LogP contribution in [0.15, 0.2) is 30.3 Å². The average molecular weight is 306 g/mol. The summed E-state index contributed by atoms with van der Waals surface area (Å²) < 4.78 is 11.6. The van der Waals surface area contributed by atoms with Gasteiger partial charge in [0.2, 0.25) is 0 Å². The van der Waals surface area contributed by atoms with Crippen molar-refractivity contribution >= 4 is 10.8 Å². The summed E-state index contributed by atoms with van der Waals surface area (Å²) >= 11 is 0. The average Bonchev–Trinajstić information content (AvgIpc) is 2.93. The topological polar surface area (TPSA) is 23.6 Å². The van der Waals surface area contributed by atoms with Gasteiger partial charge in [0, 0.05) is 54.0 Å². The molecule has 0 N–H and O–H groups in total. The molecule has 4 unspecified atom stereocenters. The fraction of sp³-hybridized carbons (Fsp3) is 0.647. The molecule has 0 radical (unpaired) electrons. The summed E-state index contributed by atoms with van der Waals surface area (Å²) in [5.41, 5.74) is 1.40. The third-order valence-corrected chi connectivity index (χ3v) is 5.91. The summed E-state index contributed by atoms with van der Waals surface area (Å²) in [6, 6.07) is 12.4. The maximum Gasteiger partial charge on any atom is 0.0479 e. The van der Waals surface area contributed by atoms with Crippen LogP contribution in [0.1, 0.15) is 31.4 Å². The maximum atomic E-state index is 11.6. The number of piperazine rings is 1. The summed E-state index contributed by atoms with van der Waals surface area (Å²) in [6.07, 6.45) is 4.47. The number of nitrogens with zero attached hydrogens (tertiary/aromatic N) is 2. The minimum Gasteiger partial charge on any atom is -0.297 e. The Kier molecular flexibility index (Phi) is 4.77. The van der Waals surface area contributed by atoms with E-state index in [1.54, 1.807) is 0 Å². The molecular formula is C17H26N2OS. The summed E-state index contributed by atoms with van der Waals surface area (Å²) in [5, 5.41) is 0. The number of hydrogen-bond donors (Lipinski definition) is 0. The van der Waals surface area contributed by atoms with E-state index in [0.717, 1.165) is 18.8 Å². The number of hydrogen-bond acceptors (Lipinski definition) is 3. The molecule has 2 aliphatic heterocycles. The lowest BCUT2D eigenvalue weighted by atomic mass is 9.98. The van der Waals surface area contributed by atoms with E-state index in [1.807, 2.05) is 6.26 Å². The third-order valence-electron chi connectivity index (χ3n) is 4.95. The van der Waals surface area contributed by atoms with E-state index in [0.29, 0.717) is 18.1 Å². The molecule has 3 rings (SSSR count). The quantitative estimate of drug-likeness (QED) is 0.852. The van der Waals surface area contributed by atoms with Crippen LogP contribution in [0.5, 0.6) is 0 Å². The van der Waals surface area contributed by atoms with Gasteiger partial charge in [-0.2, -0.15) is 0 Å². The highest BCUT2D eigenvalue weighted by molar-refractivity contribution is 7.84. The van der Waals surface area contributed by atoms with Crippen molar-refractivity contribution in [2.24, 2.45) is 0 Å². The molecule has 1 aromatic carbocycles. The molecule has 116 valence electrons. The highest BCUT2D eigenvalue weighted by Crippen LogP contribution is 2.33. The lowest BCUT2D eigenvalue weighted by Gasteiger charge is -2.46. The summed E-state index contributed by atoms with van der Waals surface area (Å²) in [4.78, 5) is 5.26. The van der Waals surface area contributed by atoms with Gasteiger partial charge >= 0.3 is 0 Å². The van der Waals surface area contributed by atoms with Crippen LogP contribution < -0.4 is 0 Å². The fourth-order valence-electron chi connectivity index (χ4n) is 3.93. The molecule has 0 bridgehead atoms. The highest BCUT2D eigenvalue weighted by atomic mass is 32.2. The van der Waals surface area contributed by atoms with Gasteiger partial charge in [-0.1, -0.05) is 30.3 Å². The molecule has 0 aliphatic carbocycles. The Morgan fingerprint density at radius 3 is 2.76 bits per heavy atom. The first-order valence-electron chi connectivity index (χ1n) is 8.00. The van der Waals surface area contributed by atoms with Gasteiger partial charge in [-0.05, 0) is 31.9 Å².